The van der Waals surface area contributed by atoms with Crippen molar-refractivity contribution in [1.82, 2.24) is 20.1 Å². The molecule has 162 valence electrons. The van der Waals surface area contributed by atoms with Gasteiger partial charge in [0.15, 0.2) is 17.0 Å². The molecule has 0 saturated carbocycles. The van der Waals surface area contributed by atoms with E-state index in [9.17, 15) is 9.59 Å². The highest BCUT2D eigenvalue weighted by Gasteiger charge is 2.18. The lowest BCUT2D eigenvalue weighted by Crippen LogP contribution is -2.33. The molecule has 2 aromatic carbocycles. The van der Waals surface area contributed by atoms with Crippen LogP contribution in [0.4, 0.5) is 0 Å². The van der Waals surface area contributed by atoms with Crippen LogP contribution in [0, 0.1) is 13.8 Å². The van der Waals surface area contributed by atoms with E-state index in [-0.39, 0.29) is 24.8 Å². The van der Waals surface area contributed by atoms with Crippen LogP contribution in [0.15, 0.2) is 47.3 Å². The zero-order chi connectivity index (χ0) is 22.2. The molecule has 1 N–H and O–H groups in total. The number of nitrogens with zero attached hydrogens (tertiary/aromatic N) is 3. The van der Waals surface area contributed by atoms with Crippen LogP contribution in [0.3, 0.4) is 0 Å². The highest BCUT2D eigenvalue weighted by atomic mass is 32.1. The summed E-state index contributed by atoms with van der Waals surface area (Å²) in [6.45, 7) is 4.16. The van der Waals surface area contributed by atoms with Gasteiger partial charge in [0.1, 0.15) is 12.2 Å². The summed E-state index contributed by atoms with van der Waals surface area (Å²) in [6, 6.07) is 13.4. The predicted molar refractivity (Wildman–Crippen MR) is 121 cm³/mol. The van der Waals surface area contributed by atoms with Crippen LogP contribution in [0.25, 0.3) is 21.5 Å². The first-order valence-electron chi connectivity index (χ1n) is 10.1. The van der Waals surface area contributed by atoms with Gasteiger partial charge in [-0.3, -0.25) is 9.59 Å². The van der Waals surface area contributed by atoms with Crippen LogP contribution in [0.5, 0.6) is 11.5 Å². The van der Waals surface area contributed by atoms with Crippen LogP contribution in [-0.4, -0.2) is 27.5 Å². The molecule has 1 amide bonds. The first-order valence-corrected chi connectivity index (χ1v) is 10.9. The van der Waals surface area contributed by atoms with Crippen molar-refractivity contribution in [3.63, 3.8) is 0 Å². The smallest absolute Gasteiger partial charge is 0.294 e. The van der Waals surface area contributed by atoms with Gasteiger partial charge in [-0.15, -0.1) is 11.3 Å². The van der Waals surface area contributed by atoms with E-state index in [1.54, 1.807) is 0 Å². The number of carbonyl (C=O) groups excluding carboxylic acids is 1. The lowest BCUT2D eigenvalue weighted by molar-refractivity contribution is -0.122. The number of thiazole rings is 1. The number of amides is 1. The van der Waals surface area contributed by atoms with Crippen LogP contribution < -0.4 is 20.3 Å². The van der Waals surface area contributed by atoms with Gasteiger partial charge in [0.25, 0.3) is 5.56 Å². The number of hydrogen-bond donors (Lipinski definition) is 1. The Morgan fingerprint density at radius 1 is 1.12 bits per heavy atom. The molecule has 1 aliphatic heterocycles. The number of carbonyl (C=O) groups is 1. The summed E-state index contributed by atoms with van der Waals surface area (Å²) in [7, 11) is 0. The molecule has 1 aliphatic rings. The van der Waals surface area contributed by atoms with Gasteiger partial charge in [0.05, 0.1) is 9.71 Å². The Bertz CT molecular complexity index is 1390. The van der Waals surface area contributed by atoms with Crippen molar-refractivity contribution < 1.29 is 14.3 Å². The van der Waals surface area contributed by atoms with E-state index in [0.717, 1.165) is 26.4 Å². The summed E-state index contributed by atoms with van der Waals surface area (Å²) in [5.74, 6) is 1.02. The minimum absolute atomic E-state index is 0.196. The summed E-state index contributed by atoms with van der Waals surface area (Å²) >= 11 is 1.43. The van der Waals surface area contributed by atoms with E-state index in [1.807, 2.05) is 56.3 Å². The minimum Gasteiger partial charge on any atom is -0.454 e. The first kappa shape index (κ1) is 20.2. The molecular weight excluding hydrogens is 428 g/mol. The van der Waals surface area contributed by atoms with Gasteiger partial charge < -0.3 is 14.8 Å². The van der Waals surface area contributed by atoms with E-state index in [2.05, 4.69) is 15.4 Å². The Morgan fingerprint density at radius 2 is 1.91 bits per heavy atom. The molecule has 5 rings (SSSR count). The molecule has 0 saturated heterocycles. The van der Waals surface area contributed by atoms with E-state index >= 15 is 0 Å². The summed E-state index contributed by atoms with van der Waals surface area (Å²) in [6.07, 6.45) is 0. The first-order chi connectivity index (χ1) is 15.5. The maximum absolute atomic E-state index is 13.0. The fourth-order valence-electron chi connectivity index (χ4n) is 3.52. The fourth-order valence-corrected chi connectivity index (χ4v) is 4.43. The number of nitrogens with one attached hydrogen (secondary N) is 1. The van der Waals surface area contributed by atoms with E-state index in [4.69, 9.17) is 9.47 Å². The average molecular weight is 449 g/mol. The van der Waals surface area contributed by atoms with E-state index in [0.29, 0.717) is 29.3 Å². The van der Waals surface area contributed by atoms with Gasteiger partial charge in [-0.05, 0) is 31.5 Å². The van der Waals surface area contributed by atoms with Crippen molar-refractivity contribution >= 4 is 27.5 Å². The number of aryl methyl sites for hydroxylation is 2. The maximum atomic E-state index is 13.0. The lowest BCUT2D eigenvalue weighted by Gasteiger charge is -2.10. The summed E-state index contributed by atoms with van der Waals surface area (Å²) in [5, 5.41) is 8.14. The number of rotatable bonds is 5. The largest absolute Gasteiger partial charge is 0.454 e. The van der Waals surface area contributed by atoms with Crippen molar-refractivity contribution in [3.05, 3.63) is 69.0 Å². The van der Waals surface area contributed by atoms with Gasteiger partial charge in [0.2, 0.25) is 12.7 Å². The van der Waals surface area contributed by atoms with Crippen molar-refractivity contribution in [2.45, 2.75) is 26.9 Å². The lowest BCUT2D eigenvalue weighted by atomic mass is 10.1. The second kappa shape index (κ2) is 8.08. The number of aromatic nitrogens is 3. The average Bonchev–Trinajstić information content (AvgIpc) is 3.41. The zero-order valence-corrected chi connectivity index (χ0v) is 18.4. The Morgan fingerprint density at radius 3 is 2.72 bits per heavy atom. The summed E-state index contributed by atoms with van der Waals surface area (Å²) in [5.41, 5.74) is 3.48. The second-order valence-corrected chi connectivity index (χ2v) is 8.76. The van der Waals surface area contributed by atoms with Crippen LogP contribution >= 0.6 is 11.3 Å². The standard InChI is InChI=1S/C23H20N4O4S/c1-13-3-6-16(7-4-13)20-22-21(25-14(2)32-22)23(29)27(26-20)11-19(28)24-10-15-5-8-17-18(9-15)31-12-30-17/h3-9H,10-12H2,1-2H3,(H,24,28). The number of ether oxygens (including phenoxy) is 2. The number of fused-ring (bicyclic) bond motifs is 2. The molecule has 4 aromatic rings. The molecule has 9 heteroatoms. The van der Waals surface area contributed by atoms with Gasteiger partial charge in [-0.1, -0.05) is 35.9 Å². The summed E-state index contributed by atoms with van der Waals surface area (Å²) in [4.78, 5) is 30.0. The van der Waals surface area contributed by atoms with Crippen LogP contribution in [0.1, 0.15) is 16.1 Å². The minimum atomic E-state index is -0.376. The normalized spacial score (nSPS) is 12.3. The Hall–Kier alpha value is -3.72. The third kappa shape index (κ3) is 3.82. The Labute approximate surface area is 187 Å². The van der Waals surface area contributed by atoms with Crippen LogP contribution in [-0.2, 0) is 17.9 Å². The molecule has 2 aromatic heterocycles. The van der Waals surface area contributed by atoms with Crippen molar-refractivity contribution in [2.24, 2.45) is 0 Å². The molecule has 3 heterocycles. The Kier molecular flexibility index (Phi) is 5.10. The van der Waals surface area contributed by atoms with Gasteiger partial charge in [0, 0.05) is 12.1 Å². The molecule has 0 unspecified atom stereocenters. The fraction of sp³-hybridized carbons (Fsp3) is 0.217. The topological polar surface area (TPSA) is 95.3 Å². The monoisotopic (exact) mass is 448 g/mol. The quantitative estimate of drug-likeness (QED) is 0.504. The predicted octanol–water partition coefficient (Wildman–Crippen LogP) is 3.18. The Balaban J connectivity index is 1.41. The van der Waals surface area contributed by atoms with Gasteiger partial charge >= 0.3 is 0 Å². The highest BCUT2D eigenvalue weighted by Crippen LogP contribution is 2.32. The molecule has 0 bridgehead atoms. The molecule has 0 fully saturated rings. The molecular formula is C23H20N4O4S. The number of benzene rings is 2. The molecule has 32 heavy (non-hydrogen) atoms. The van der Waals surface area contributed by atoms with E-state index in [1.165, 1.54) is 16.0 Å². The molecule has 8 nitrogen and oxygen atoms in total. The van der Waals surface area contributed by atoms with Crippen molar-refractivity contribution in [2.75, 3.05) is 6.79 Å². The van der Waals surface area contributed by atoms with Gasteiger partial charge in [-0.25, -0.2) is 9.67 Å². The maximum Gasteiger partial charge on any atom is 0.294 e. The van der Waals surface area contributed by atoms with Crippen molar-refractivity contribution in [1.29, 1.82) is 0 Å². The second-order valence-electron chi connectivity index (χ2n) is 7.55. The van der Waals surface area contributed by atoms with E-state index < -0.39 is 0 Å². The zero-order valence-electron chi connectivity index (χ0n) is 17.5. The molecule has 0 atom stereocenters. The third-order valence-corrected chi connectivity index (χ3v) is 6.13. The molecule has 0 radical (unpaired) electrons. The number of hydrogen-bond acceptors (Lipinski definition) is 7. The third-order valence-electron chi connectivity index (χ3n) is 5.15. The van der Waals surface area contributed by atoms with Crippen molar-refractivity contribution in [3.8, 4) is 22.8 Å². The summed E-state index contributed by atoms with van der Waals surface area (Å²) < 4.78 is 12.6. The molecule has 0 aliphatic carbocycles. The highest BCUT2D eigenvalue weighted by molar-refractivity contribution is 7.19. The SMILES string of the molecule is Cc1ccc(-c2nn(CC(=O)NCc3ccc4c(c3)OCO4)c(=O)c3nc(C)sc23)cc1. The molecule has 0 spiro atoms. The van der Waals surface area contributed by atoms with Gasteiger partial charge in [-0.2, -0.15) is 5.10 Å². The van der Waals surface area contributed by atoms with Crippen LogP contribution in [0.2, 0.25) is 0 Å².